The lowest BCUT2D eigenvalue weighted by Gasteiger charge is -2.27. The van der Waals surface area contributed by atoms with E-state index in [1.165, 1.54) is 18.4 Å². The van der Waals surface area contributed by atoms with Crippen molar-refractivity contribution >= 4 is 49.7 Å². The van der Waals surface area contributed by atoms with Gasteiger partial charge in [-0.25, -0.2) is 13.4 Å². The van der Waals surface area contributed by atoms with Gasteiger partial charge in [0.1, 0.15) is 10.6 Å². The summed E-state index contributed by atoms with van der Waals surface area (Å²) in [5.74, 6) is 0.615. The number of aryl methyl sites for hydroxylation is 1. The number of hydrogen-bond acceptors (Lipinski definition) is 8. The highest BCUT2D eigenvalue weighted by Crippen LogP contribution is 2.38. The highest BCUT2D eigenvalue weighted by atomic mass is 35.5. The lowest BCUT2D eigenvalue weighted by atomic mass is 9.82. The largest absolute Gasteiger partial charge is 0.495 e. The zero-order valence-electron chi connectivity index (χ0n) is 21.6. The van der Waals surface area contributed by atoms with Crippen LogP contribution in [0, 0.1) is 18.8 Å². The van der Waals surface area contributed by atoms with Gasteiger partial charge in [0.15, 0.2) is 5.13 Å². The summed E-state index contributed by atoms with van der Waals surface area (Å²) >= 11 is 7.65. The molecule has 0 saturated heterocycles. The average Bonchev–Trinajstić information content (AvgIpc) is 3.29. The Morgan fingerprint density at radius 1 is 1.16 bits per heavy atom. The smallest absolute Gasteiger partial charge is 0.308 e. The van der Waals surface area contributed by atoms with E-state index < -0.39 is 10.0 Å². The normalized spacial score (nSPS) is 17.6. The van der Waals surface area contributed by atoms with Crippen LogP contribution in [0.3, 0.4) is 0 Å². The van der Waals surface area contributed by atoms with Gasteiger partial charge in [-0.3, -0.25) is 9.52 Å². The quantitative estimate of drug-likeness (QED) is 0.270. The van der Waals surface area contributed by atoms with Gasteiger partial charge in [0.25, 0.3) is 10.0 Å². The zero-order valence-corrected chi connectivity index (χ0v) is 24.0. The van der Waals surface area contributed by atoms with Crippen LogP contribution in [0.15, 0.2) is 47.4 Å². The zero-order chi connectivity index (χ0) is 27.3. The highest BCUT2D eigenvalue weighted by Gasteiger charge is 2.27. The maximum absolute atomic E-state index is 13.3. The SMILES string of the molecule is CCOC(=O)[C@H]1CC[C@H](CNc2nc(C)c(-c3ccc(OC)c(S(=O)(=O)Nc4ccccc4Cl)c3)s2)CC1. The van der Waals surface area contributed by atoms with Gasteiger partial charge in [-0.1, -0.05) is 35.1 Å². The molecule has 1 aliphatic rings. The van der Waals surface area contributed by atoms with Crippen molar-refractivity contribution in [3.8, 4) is 16.2 Å². The molecule has 4 rings (SSSR count). The Kier molecular flexibility index (Phi) is 9.17. The van der Waals surface area contributed by atoms with E-state index in [9.17, 15) is 13.2 Å². The third-order valence-electron chi connectivity index (χ3n) is 6.64. The number of carbonyl (C=O) groups excluding carboxylic acids is 1. The molecule has 2 aromatic carbocycles. The fourth-order valence-electron chi connectivity index (χ4n) is 4.61. The van der Waals surface area contributed by atoms with Crippen molar-refractivity contribution in [2.45, 2.75) is 44.4 Å². The topological polar surface area (TPSA) is 107 Å². The number of thiazole rings is 1. The van der Waals surface area contributed by atoms with Gasteiger partial charge in [-0.05, 0) is 81.3 Å². The van der Waals surface area contributed by atoms with Gasteiger partial charge in [0, 0.05) is 6.54 Å². The van der Waals surface area contributed by atoms with Crippen molar-refractivity contribution < 1.29 is 22.7 Å². The van der Waals surface area contributed by atoms with Crippen molar-refractivity contribution in [2.75, 3.05) is 30.3 Å². The summed E-state index contributed by atoms with van der Waals surface area (Å²) in [4.78, 5) is 17.5. The second-order valence-electron chi connectivity index (χ2n) is 9.24. The predicted octanol–water partition coefficient (Wildman–Crippen LogP) is 6.36. The third-order valence-corrected chi connectivity index (χ3v) is 9.52. The molecule has 0 unspecified atom stereocenters. The Balaban J connectivity index is 1.47. The van der Waals surface area contributed by atoms with Crippen LogP contribution in [0.5, 0.6) is 5.75 Å². The number of carbonyl (C=O) groups is 1. The first-order valence-electron chi connectivity index (χ1n) is 12.6. The number of anilines is 2. The fourth-order valence-corrected chi connectivity index (χ4v) is 7.09. The first-order valence-corrected chi connectivity index (χ1v) is 15.2. The van der Waals surface area contributed by atoms with E-state index in [1.807, 2.05) is 19.9 Å². The second-order valence-corrected chi connectivity index (χ2v) is 12.3. The van der Waals surface area contributed by atoms with Crippen LogP contribution < -0.4 is 14.8 Å². The summed E-state index contributed by atoms with van der Waals surface area (Å²) in [7, 11) is -2.54. The minimum Gasteiger partial charge on any atom is -0.495 e. The molecule has 8 nitrogen and oxygen atoms in total. The molecule has 0 radical (unpaired) electrons. The molecule has 1 fully saturated rings. The van der Waals surface area contributed by atoms with Crippen LogP contribution in [-0.4, -0.2) is 39.6 Å². The third kappa shape index (κ3) is 6.59. The summed E-state index contributed by atoms with van der Waals surface area (Å²) in [5, 5.41) is 4.52. The summed E-state index contributed by atoms with van der Waals surface area (Å²) in [6, 6.07) is 11.7. The van der Waals surface area contributed by atoms with Crippen molar-refractivity contribution in [1.82, 2.24) is 4.98 Å². The van der Waals surface area contributed by atoms with Crippen LogP contribution in [0.25, 0.3) is 10.4 Å². The van der Waals surface area contributed by atoms with Gasteiger partial charge in [-0.2, -0.15) is 0 Å². The molecule has 204 valence electrons. The molecular weight excluding hydrogens is 546 g/mol. The number of esters is 1. The van der Waals surface area contributed by atoms with E-state index in [-0.39, 0.29) is 22.5 Å². The number of benzene rings is 2. The van der Waals surface area contributed by atoms with Gasteiger partial charge >= 0.3 is 5.97 Å². The molecule has 0 spiro atoms. The minimum atomic E-state index is -3.98. The molecule has 38 heavy (non-hydrogen) atoms. The lowest BCUT2D eigenvalue weighted by molar-refractivity contribution is -0.149. The molecule has 11 heteroatoms. The van der Waals surface area contributed by atoms with E-state index in [0.717, 1.165) is 53.5 Å². The standard InChI is InChI=1S/C27H32ClN3O5S2/c1-4-36-26(32)19-11-9-18(10-12-19)16-29-27-30-17(2)25(37-27)20-13-14-23(35-3)24(15-20)38(33,34)31-22-8-6-5-7-21(22)28/h5-8,13-15,18-19,31H,4,9-12,16H2,1-3H3,(H,29,30)/t18-,19-. The number of hydrogen-bond donors (Lipinski definition) is 2. The lowest BCUT2D eigenvalue weighted by Crippen LogP contribution is -2.26. The summed E-state index contributed by atoms with van der Waals surface area (Å²) < 4.78 is 39.6. The van der Waals surface area contributed by atoms with Gasteiger partial charge in [-0.15, -0.1) is 0 Å². The fraction of sp³-hybridized carbons (Fsp3) is 0.407. The number of sulfonamides is 1. The van der Waals surface area contributed by atoms with E-state index in [4.69, 9.17) is 21.1 Å². The average molecular weight is 578 g/mol. The Morgan fingerprint density at radius 2 is 1.89 bits per heavy atom. The van der Waals surface area contributed by atoms with E-state index in [2.05, 4.69) is 15.0 Å². The van der Waals surface area contributed by atoms with Crippen LogP contribution >= 0.6 is 22.9 Å². The van der Waals surface area contributed by atoms with Crippen LogP contribution in [0.2, 0.25) is 5.02 Å². The van der Waals surface area contributed by atoms with Gasteiger partial charge in [0.05, 0.1) is 40.9 Å². The van der Waals surface area contributed by atoms with Crippen molar-refractivity contribution in [3.63, 3.8) is 0 Å². The summed E-state index contributed by atoms with van der Waals surface area (Å²) in [5.41, 5.74) is 1.82. The van der Waals surface area contributed by atoms with Crippen LogP contribution in [-0.2, 0) is 19.6 Å². The number of nitrogens with zero attached hydrogens (tertiary/aromatic N) is 1. The number of nitrogens with one attached hydrogen (secondary N) is 2. The number of ether oxygens (including phenoxy) is 2. The maximum Gasteiger partial charge on any atom is 0.308 e. The molecule has 0 amide bonds. The maximum atomic E-state index is 13.3. The molecule has 3 aromatic rings. The highest BCUT2D eigenvalue weighted by molar-refractivity contribution is 7.92. The second kappa shape index (κ2) is 12.4. The molecule has 1 heterocycles. The Labute approximate surface area is 232 Å². The van der Waals surface area contributed by atoms with Crippen molar-refractivity contribution in [1.29, 1.82) is 0 Å². The van der Waals surface area contributed by atoms with E-state index in [0.29, 0.717) is 23.2 Å². The number of aromatic nitrogens is 1. The first-order chi connectivity index (χ1) is 18.2. The molecule has 1 aromatic heterocycles. The molecular formula is C27H32ClN3O5S2. The predicted molar refractivity (Wildman–Crippen MR) is 152 cm³/mol. The number of rotatable bonds is 10. The van der Waals surface area contributed by atoms with E-state index >= 15 is 0 Å². The molecule has 0 bridgehead atoms. The van der Waals surface area contributed by atoms with Crippen LogP contribution in [0.4, 0.5) is 10.8 Å². The number of para-hydroxylation sites is 1. The first kappa shape index (κ1) is 28.2. The summed E-state index contributed by atoms with van der Waals surface area (Å²) in [6.07, 6.45) is 3.62. The Hall–Kier alpha value is -2.82. The number of halogens is 1. The molecule has 1 aliphatic carbocycles. The van der Waals surface area contributed by atoms with E-state index in [1.54, 1.807) is 36.4 Å². The molecule has 2 N–H and O–H groups in total. The van der Waals surface area contributed by atoms with Gasteiger partial charge < -0.3 is 14.8 Å². The molecule has 0 atom stereocenters. The van der Waals surface area contributed by atoms with Gasteiger partial charge in [0.2, 0.25) is 0 Å². The number of methoxy groups -OCH3 is 1. The minimum absolute atomic E-state index is 0.00728. The Bertz CT molecular complexity index is 1390. The summed E-state index contributed by atoms with van der Waals surface area (Å²) in [6.45, 7) is 4.93. The Morgan fingerprint density at radius 3 is 2.58 bits per heavy atom. The molecule has 0 aliphatic heterocycles. The van der Waals surface area contributed by atoms with Crippen molar-refractivity contribution in [2.24, 2.45) is 11.8 Å². The molecule has 1 saturated carbocycles. The van der Waals surface area contributed by atoms with Crippen molar-refractivity contribution in [3.05, 3.63) is 53.2 Å². The van der Waals surface area contributed by atoms with Crippen LogP contribution in [0.1, 0.15) is 38.3 Å². The monoisotopic (exact) mass is 577 g/mol.